The topological polar surface area (TPSA) is 39.1 Å². The van der Waals surface area contributed by atoms with Gasteiger partial charge in [-0.2, -0.15) is 5.26 Å². The minimum Gasteiger partial charge on any atom is -0.304 e. The maximum atomic E-state index is 8.25. The fourth-order valence-electron chi connectivity index (χ4n) is 1.58. The zero-order valence-electron chi connectivity index (χ0n) is 7.55. The lowest BCUT2D eigenvalue weighted by molar-refractivity contribution is 0.332. The van der Waals surface area contributed by atoms with Crippen LogP contribution in [0.4, 0.5) is 0 Å². The third-order valence-corrected chi connectivity index (χ3v) is 2.23. The molecule has 12 heavy (non-hydrogen) atoms. The molecule has 0 atom stereocenters. The van der Waals surface area contributed by atoms with E-state index in [1.807, 2.05) is 0 Å². The molecule has 68 valence electrons. The van der Waals surface area contributed by atoms with Gasteiger partial charge >= 0.3 is 0 Å². The first-order valence-electron chi connectivity index (χ1n) is 4.73. The molecule has 3 nitrogen and oxygen atoms in total. The number of likely N-dealkylation sites (tertiary alicyclic amines) is 1. The van der Waals surface area contributed by atoms with Gasteiger partial charge in [0, 0.05) is 0 Å². The van der Waals surface area contributed by atoms with Crippen LogP contribution in [0.25, 0.3) is 0 Å². The monoisotopic (exact) mass is 167 g/mol. The Morgan fingerprint density at radius 3 is 2.75 bits per heavy atom. The van der Waals surface area contributed by atoms with E-state index < -0.39 is 0 Å². The fourth-order valence-corrected chi connectivity index (χ4v) is 1.58. The van der Waals surface area contributed by atoms with Gasteiger partial charge in [-0.15, -0.1) is 0 Å². The molecular formula is C9H17N3. The van der Waals surface area contributed by atoms with E-state index in [1.165, 1.54) is 38.9 Å². The van der Waals surface area contributed by atoms with Gasteiger partial charge in [-0.25, -0.2) is 0 Å². The Balaban J connectivity index is 1.85. The number of nitriles is 1. The van der Waals surface area contributed by atoms with E-state index >= 15 is 0 Å². The molecule has 0 aromatic carbocycles. The van der Waals surface area contributed by atoms with Crippen LogP contribution < -0.4 is 5.32 Å². The summed E-state index contributed by atoms with van der Waals surface area (Å²) in [6.45, 7) is 5.21. The molecule has 0 radical (unpaired) electrons. The molecule has 1 saturated heterocycles. The normalized spacial score (nSPS) is 17.9. The lowest BCUT2D eigenvalue weighted by Crippen LogP contribution is -2.24. The van der Waals surface area contributed by atoms with Crippen molar-refractivity contribution in [3.63, 3.8) is 0 Å². The van der Waals surface area contributed by atoms with Crippen LogP contribution in [0.5, 0.6) is 0 Å². The maximum Gasteiger partial charge on any atom is 0.0840 e. The van der Waals surface area contributed by atoms with E-state index in [0.717, 1.165) is 6.54 Å². The van der Waals surface area contributed by atoms with E-state index in [1.54, 1.807) is 0 Å². The molecule has 0 bridgehead atoms. The molecular weight excluding hydrogens is 150 g/mol. The molecule has 0 spiro atoms. The van der Waals surface area contributed by atoms with Gasteiger partial charge < -0.3 is 10.2 Å². The van der Waals surface area contributed by atoms with Crippen molar-refractivity contribution in [1.29, 1.82) is 5.26 Å². The van der Waals surface area contributed by atoms with Crippen LogP contribution >= 0.6 is 0 Å². The lowest BCUT2D eigenvalue weighted by Gasteiger charge is -2.13. The van der Waals surface area contributed by atoms with Crippen molar-refractivity contribution in [3.8, 4) is 6.07 Å². The first kappa shape index (κ1) is 9.50. The summed E-state index contributed by atoms with van der Waals surface area (Å²) < 4.78 is 0. The van der Waals surface area contributed by atoms with Gasteiger partial charge in [0.05, 0.1) is 12.6 Å². The third kappa shape index (κ3) is 3.70. The van der Waals surface area contributed by atoms with E-state index in [4.69, 9.17) is 5.26 Å². The Kier molecular flexibility index (Phi) is 4.74. The highest BCUT2D eigenvalue weighted by Gasteiger charge is 2.09. The highest BCUT2D eigenvalue weighted by atomic mass is 15.1. The van der Waals surface area contributed by atoms with Gasteiger partial charge in [-0.3, -0.25) is 0 Å². The molecule has 0 aromatic heterocycles. The number of nitrogens with zero attached hydrogens (tertiary/aromatic N) is 2. The van der Waals surface area contributed by atoms with Crippen LogP contribution in [0.2, 0.25) is 0 Å². The number of hydrogen-bond acceptors (Lipinski definition) is 3. The Morgan fingerprint density at radius 1 is 1.33 bits per heavy atom. The molecule has 1 N–H and O–H groups in total. The molecule has 1 aliphatic rings. The Bertz CT molecular complexity index is 144. The van der Waals surface area contributed by atoms with Crippen LogP contribution in [-0.2, 0) is 0 Å². The lowest BCUT2D eigenvalue weighted by atomic mass is 10.4. The zero-order valence-corrected chi connectivity index (χ0v) is 7.55. The quantitative estimate of drug-likeness (QED) is 0.481. The Hall–Kier alpha value is -0.590. The second-order valence-electron chi connectivity index (χ2n) is 3.24. The maximum absolute atomic E-state index is 8.25. The molecule has 3 heteroatoms. The summed E-state index contributed by atoms with van der Waals surface area (Å²) in [6, 6.07) is 2.07. The number of hydrogen-bond donors (Lipinski definition) is 1. The van der Waals surface area contributed by atoms with Crippen molar-refractivity contribution in [2.24, 2.45) is 0 Å². The first-order valence-corrected chi connectivity index (χ1v) is 4.73. The summed E-state index contributed by atoms with van der Waals surface area (Å²) in [5.74, 6) is 0. The first-order chi connectivity index (χ1) is 5.93. The van der Waals surface area contributed by atoms with Crippen molar-refractivity contribution in [2.45, 2.75) is 19.3 Å². The van der Waals surface area contributed by atoms with Crippen molar-refractivity contribution < 1.29 is 0 Å². The molecule has 1 rings (SSSR count). The van der Waals surface area contributed by atoms with Crippen LogP contribution in [-0.4, -0.2) is 37.6 Å². The molecule has 0 unspecified atom stereocenters. The van der Waals surface area contributed by atoms with Gasteiger partial charge in [0.15, 0.2) is 0 Å². The summed E-state index contributed by atoms with van der Waals surface area (Å²) >= 11 is 0. The predicted octanol–water partition coefficient (Wildman–Crippen LogP) is 0.585. The minimum atomic E-state index is 0.486. The highest BCUT2D eigenvalue weighted by Crippen LogP contribution is 2.06. The van der Waals surface area contributed by atoms with E-state index in [0.29, 0.717) is 6.54 Å². The molecule has 0 saturated carbocycles. The van der Waals surface area contributed by atoms with Crippen molar-refractivity contribution in [3.05, 3.63) is 0 Å². The zero-order chi connectivity index (χ0) is 8.65. The second kappa shape index (κ2) is 5.99. The van der Waals surface area contributed by atoms with Gasteiger partial charge in [0.2, 0.25) is 0 Å². The Morgan fingerprint density at radius 2 is 2.08 bits per heavy atom. The SMILES string of the molecule is N#CCNCCCN1CCCC1. The summed E-state index contributed by atoms with van der Waals surface area (Å²) in [5.41, 5.74) is 0. The summed E-state index contributed by atoms with van der Waals surface area (Å²) in [6.07, 6.45) is 3.90. The van der Waals surface area contributed by atoms with Crippen LogP contribution in [0.15, 0.2) is 0 Å². The van der Waals surface area contributed by atoms with E-state index in [-0.39, 0.29) is 0 Å². The second-order valence-corrected chi connectivity index (χ2v) is 3.24. The number of rotatable bonds is 5. The summed E-state index contributed by atoms with van der Waals surface area (Å²) in [4.78, 5) is 2.49. The average molecular weight is 167 g/mol. The fraction of sp³-hybridized carbons (Fsp3) is 0.889. The van der Waals surface area contributed by atoms with Crippen LogP contribution in [0, 0.1) is 11.3 Å². The van der Waals surface area contributed by atoms with Crippen molar-refractivity contribution in [1.82, 2.24) is 10.2 Å². The van der Waals surface area contributed by atoms with Gasteiger partial charge in [-0.05, 0) is 45.4 Å². The largest absolute Gasteiger partial charge is 0.304 e. The van der Waals surface area contributed by atoms with Crippen LogP contribution in [0.1, 0.15) is 19.3 Å². The molecule has 0 aliphatic carbocycles. The minimum absolute atomic E-state index is 0.486. The average Bonchev–Trinajstić information content (AvgIpc) is 2.57. The highest BCUT2D eigenvalue weighted by molar-refractivity contribution is 4.73. The standard InChI is InChI=1S/C9H17N3/c10-4-6-11-5-3-9-12-7-1-2-8-12/h11H,1-3,5-9H2. The van der Waals surface area contributed by atoms with Crippen molar-refractivity contribution >= 4 is 0 Å². The number of nitrogens with one attached hydrogen (secondary N) is 1. The van der Waals surface area contributed by atoms with E-state index in [2.05, 4.69) is 16.3 Å². The predicted molar refractivity (Wildman–Crippen MR) is 48.8 cm³/mol. The third-order valence-electron chi connectivity index (χ3n) is 2.23. The Labute approximate surface area is 74.4 Å². The van der Waals surface area contributed by atoms with Gasteiger partial charge in [-0.1, -0.05) is 0 Å². The molecule has 0 aromatic rings. The molecule has 1 fully saturated rings. The molecule has 0 amide bonds. The van der Waals surface area contributed by atoms with E-state index in [9.17, 15) is 0 Å². The van der Waals surface area contributed by atoms with Crippen LogP contribution in [0.3, 0.4) is 0 Å². The summed E-state index contributed by atoms with van der Waals surface area (Å²) in [5, 5.41) is 11.3. The van der Waals surface area contributed by atoms with Crippen molar-refractivity contribution in [2.75, 3.05) is 32.7 Å². The molecule has 1 aliphatic heterocycles. The van der Waals surface area contributed by atoms with Gasteiger partial charge in [0.25, 0.3) is 0 Å². The van der Waals surface area contributed by atoms with Gasteiger partial charge in [0.1, 0.15) is 0 Å². The molecule has 1 heterocycles. The smallest absolute Gasteiger partial charge is 0.0840 e. The summed E-state index contributed by atoms with van der Waals surface area (Å²) in [7, 11) is 0.